The Morgan fingerprint density at radius 1 is 1.53 bits per heavy atom. The van der Waals surface area contributed by atoms with E-state index in [0.717, 1.165) is 17.0 Å². The minimum atomic E-state index is 0.0409. The Balaban J connectivity index is 2.06. The molecule has 1 unspecified atom stereocenters. The summed E-state index contributed by atoms with van der Waals surface area (Å²) in [5.41, 5.74) is 7.36. The van der Waals surface area contributed by atoms with E-state index in [1.165, 1.54) is 0 Å². The quantitative estimate of drug-likeness (QED) is 0.790. The predicted molar refractivity (Wildman–Crippen MR) is 77.9 cm³/mol. The topological polar surface area (TPSA) is 65.7 Å². The molecule has 0 radical (unpaired) electrons. The van der Waals surface area contributed by atoms with Crippen molar-refractivity contribution in [2.24, 2.45) is 5.73 Å². The molecule has 1 aromatic carbocycles. The van der Waals surface area contributed by atoms with Crippen LogP contribution in [-0.4, -0.2) is 44.6 Å². The molecule has 5 nitrogen and oxygen atoms in total. The highest BCUT2D eigenvalue weighted by atomic mass is 32.1. The first-order chi connectivity index (χ1) is 9.20. The maximum absolute atomic E-state index is 5.71. The van der Waals surface area contributed by atoms with Crippen LogP contribution in [0.4, 0.5) is 5.69 Å². The van der Waals surface area contributed by atoms with Gasteiger partial charge in [-0.05, 0) is 12.1 Å². The second-order valence-corrected chi connectivity index (χ2v) is 4.66. The maximum Gasteiger partial charge on any atom is 0.120 e. The van der Waals surface area contributed by atoms with Crippen LogP contribution >= 0.6 is 12.2 Å². The Morgan fingerprint density at radius 2 is 2.37 bits per heavy atom. The summed E-state index contributed by atoms with van der Waals surface area (Å²) >= 11 is 5.04. The third-order valence-corrected chi connectivity index (χ3v) is 3.12. The summed E-state index contributed by atoms with van der Waals surface area (Å²) in [5, 5.41) is 3.29. The third-order valence-electron chi connectivity index (χ3n) is 2.90. The zero-order valence-electron chi connectivity index (χ0n) is 10.8. The van der Waals surface area contributed by atoms with Gasteiger partial charge in [0.2, 0.25) is 0 Å². The van der Waals surface area contributed by atoms with Crippen molar-refractivity contribution in [3.05, 3.63) is 23.8 Å². The molecule has 1 heterocycles. The van der Waals surface area contributed by atoms with Crippen molar-refractivity contribution >= 4 is 22.9 Å². The predicted octanol–water partition coefficient (Wildman–Crippen LogP) is 1.16. The molecule has 3 N–H and O–H groups in total. The van der Waals surface area contributed by atoms with E-state index in [1.54, 1.807) is 7.11 Å². The number of rotatable bonds is 5. The SMILES string of the molecule is COc1ccc(C(N)=S)c(NCC2COCCO2)c1. The molecule has 0 aliphatic carbocycles. The molecule has 1 aromatic rings. The van der Waals surface area contributed by atoms with Crippen LogP contribution < -0.4 is 15.8 Å². The number of ether oxygens (including phenoxy) is 3. The van der Waals surface area contributed by atoms with E-state index >= 15 is 0 Å². The van der Waals surface area contributed by atoms with Gasteiger partial charge in [0.15, 0.2) is 0 Å². The molecule has 0 bridgehead atoms. The van der Waals surface area contributed by atoms with Crippen LogP contribution in [0.1, 0.15) is 5.56 Å². The summed E-state index contributed by atoms with van der Waals surface area (Å²) in [6.07, 6.45) is 0.0409. The molecule has 104 valence electrons. The molecule has 1 aliphatic heterocycles. The molecule has 0 aromatic heterocycles. The summed E-state index contributed by atoms with van der Waals surface area (Å²) in [6, 6.07) is 5.56. The van der Waals surface area contributed by atoms with E-state index < -0.39 is 0 Å². The van der Waals surface area contributed by atoms with Gasteiger partial charge in [0.1, 0.15) is 10.7 Å². The van der Waals surface area contributed by atoms with Gasteiger partial charge in [0.25, 0.3) is 0 Å². The fourth-order valence-corrected chi connectivity index (χ4v) is 2.07. The standard InChI is InChI=1S/C13H18N2O3S/c1-16-9-2-3-11(13(14)19)12(6-9)15-7-10-8-17-4-5-18-10/h2-3,6,10,15H,4-5,7-8H2,1H3,(H2,14,19). The van der Waals surface area contributed by atoms with E-state index in [1.807, 2.05) is 18.2 Å². The summed E-state index contributed by atoms with van der Waals surface area (Å²) in [6.45, 7) is 2.53. The zero-order chi connectivity index (χ0) is 13.7. The van der Waals surface area contributed by atoms with Gasteiger partial charge in [-0.25, -0.2) is 0 Å². The number of nitrogens with two attached hydrogens (primary N) is 1. The largest absolute Gasteiger partial charge is 0.497 e. The first-order valence-electron chi connectivity index (χ1n) is 6.11. The van der Waals surface area contributed by atoms with E-state index in [0.29, 0.717) is 31.4 Å². The van der Waals surface area contributed by atoms with Gasteiger partial charge >= 0.3 is 0 Å². The number of hydrogen-bond acceptors (Lipinski definition) is 5. The van der Waals surface area contributed by atoms with E-state index in [4.69, 9.17) is 32.2 Å². The Morgan fingerprint density at radius 3 is 3.00 bits per heavy atom. The third kappa shape index (κ3) is 3.79. The van der Waals surface area contributed by atoms with Crippen molar-refractivity contribution in [3.8, 4) is 5.75 Å². The number of anilines is 1. The molecule has 1 aliphatic rings. The molecule has 2 rings (SSSR count). The molecule has 1 fully saturated rings. The van der Waals surface area contributed by atoms with Gasteiger partial charge < -0.3 is 25.3 Å². The van der Waals surface area contributed by atoms with Crippen LogP contribution in [0.2, 0.25) is 0 Å². The summed E-state index contributed by atoms with van der Waals surface area (Å²) < 4.78 is 16.1. The molecule has 6 heteroatoms. The van der Waals surface area contributed by atoms with Crippen molar-refractivity contribution in [3.63, 3.8) is 0 Å². The average Bonchev–Trinajstić information content (AvgIpc) is 2.45. The van der Waals surface area contributed by atoms with Crippen LogP contribution in [0.3, 0.4) is 0 Å². The van der Waals surface area contributed by atoms with E-state index in [9.17, 15) is 0 Å². The lowest BCUT2D eigenvalue weighted by Crippen LogP contribution is -2.34. The Kier molecular flexibility index (Phi) is 4.95. The lowest BCUT2D eigenvalue weighted by atomic mass is 10.1. The van der Waals surface area contributed by atoms with Gasteiger partial charge in [-0.1, -0.05) is 12.2 Å². The first kappa shape index (κ1) is 14.0. The summed E-state index contributed by atoms with van der Waals surface area (Å²) in [4.78, 5) is 0.353. The zero-order valence-corrected chi connectivity index (χ0v) is 11.7. The number of thiocarbonyl (C=S) groups is 1. The van der Waals surface area contributed by atoms with Gasteiger partial charge in [-0.15, -0.1) is 0 Å². The Bertz CT molecular complexity index is 448. The number of hydrogen-bond donors (Lipinski definition) is 2. The number of nitrogens with one attached hydrogen (secondary N) is 1. The lowest BCUT2D eigenvalue weighted by molar-refractivity contribution is -0.0818. The molecule has 1 atom stereocenters. The van der Waals surface area contributed by atoms with Crippen molar-refractivity contribution in [1.82, 2.24) is 0 Å². The molecular weight excluding hydrogens is 264 g/mol. The van der Waals surface area contributed by atoms with Crippen LogP contribution in [-0.2, 0) is 9.47 Å². The second-order valence-electron chi connectivity index (χ2n) is 4.22. The van der Waals surface area contributed by atoms with E-state index in [2.05, 4.69) is 5.32 Å². The highest BCUT2D eigenvalue weighted by molar-refractivity contribution is 7.80. The van der Waals surface area contributed by atoms with Gasteiger partial charge in [-0.3, -0.25) is 0 Å². The Hall–Kier alpha value is -1.37. The molecule has 1 saturated heterocycles. The van der Waals surface area contributed by atoms with Crippen LogP contribution in [0.15, 0.2) is 18.2 Å². The van der Waals surface area contributed by atoms with Gasteiger partial charge in [-0.2, -0.15) is 0 Å². The van der Waals surface area contributed by atoms with Crippen molar-refractivity contribution < 1.29 is 14.2 Å². The van der Waals surface area contributed by atoms with Crippen LogP contribution in [0.25, 0.3) is 0 Å². The molecular formula is C13H18N2O3S. The van der Waals surface area contributed by atoms with Gasteiger partial charge in [0, 0.05) is 23.9 Å². The first-order valence-corrected chi connectivity index (χ1v) is 6.52. The molecule has 0 spiro atoms. The van der Waals surface area contributed by atoms with Crippen molar-refractivity contribution in [2.75, 3.05) is 38.8 Å². The number of benzene rings is 1. The lowest BCUT2D eigenvalue weighted by Gasteiger charge is -2.24. The average molecular weight is 282 g/mol. The minimum absolute atomic E-state index is 0.0409. The fourth-order valence-electron chi connectivity index (χ4n) is 1.89. The molecule has 0 amide bonds. The Labute approximate surface area is 118 Å². The smallest absolute Gasteiger partial charge is 0.120 e. The highest BCUT2D eigenvalue weighted by Gasteiger charge is 2.15. The molecule has 19 heavy (non-hydrogen) atoms. The maximum atomic E-state index is 5.71. The van der Waals surface area contributed by atoms with Crippen LogP contribution in [0, 0.1) is 0 Å². The van der Waals surface area contributed by atoms with Gasteiger partial charge in [0.05, 0.1) is 33.0 Å². The minimum Gasteiger partial charge on any atom is -0.497 e. The fraction of sp³-hybridized carbons (Fsp3) is 0.462. The summed E-state index contributed by atoms with van der Waals surface area (Å²) in [5.74, 6) is 0.753. The van der Waals surface area contributed by atoms with E-state index in [-0.39, 0.29) is 6.10 Å². The summed E-state index contributed by atoms with van der Waals surface area (Å²) in [7, 11) is 1.62. The molecule has 0 saturated carbocycles. The number of methoxy groups -OCH3 is 1. The normalized spacial score (nSPS) is 18.9. The van der Waals surface area contributed by atoms with Crippen molar-refractivity contribution in [2.45, 2.75) is 6.10 Å². The highest BCUT2D eigenvalue weighted by Crippen LogP contribution is 2.22. The van der Waals surface area contributed by atoms with Crippen molar-refractivity contribution in [1.29, 1.82) is 0 Å². The van der Waals surface area contributed by atoms with Crippen LogP contribution in [0.5, 0.6) is 5.75 Å². The monoisotopic (exact) mass is 282 g/mol. The second kappa shape index (κ2) is 6.70.